The fraction of sp³-hybridized carbons (Fsp3) is 0.667. The van der Waals surface area contributed by atoms with Crippen molar-refractivity contribution in [3.05, 3.63) is 23.9 Å². The molecule has 17 heavy (non-hydrogen) atoms. The van der Waals surface area contributed by atoms with E-state index in [2.05, 4.69) is 16.2 Å². The molecule has 0 spiro atoms. The number of hydrogen-bond donors (Lipinski definition) is 1. The number of allylic oxidation sites excluding steroid dienone is 1. The van der Waals surface area contributed by atoms with E-state index in [-0.39, 0.29) is 12.0 Å². The number of nitrogens with two attached hydrogens (primary N) is 1. The van der Waals surface area contributed by atoms with Gasteiger partial charge in [0.2, 0.25) is 5.89 Å². The predicted octanol–water partition coefficient (Wildman–Crippen LogP) is 2.40. The van der Waals surface area contributed by atoms with Crippen LogP contribution >= 0.6 is 11.8 Å². The molecule has 3 unspecified atom stereocenters. The van der Waals surface area contributed by atoms with Crippen molar-refractivity contribution in [2.45, 2.75) is 42.9 Å². The monoisotopic (exact) mass is 251 g/mol. The molecule has 3 rings (SSSR count). The van der Waals surface area contributed by atoms with E-state index in [9.17, 15) is 0 Å². The van der Waals surface area contributed by atoms with E-state index in [1.54, 1.807) is 0 Å². The van der Waals surface area contributed by atoms with E-state index in [0.717, 1.165) is 18.1 Å². The number of rotatable bonds is 2. The predicted molar refractivity (Wildman–Crippen MR) is 67.8 cm³/mol. The van der Waals surface area contributed by atoms with Crippen LogP contribution in [0.4, 0.5) is 0 Å². The molecule has 0 aromatic carbocycles. The van der Waals surface area contributed by atoms with E-state index in [0.29, 0.717) is 5.25 Å². The second kappa shape index (κ2) is 4.82. The van der Waals surface area contributed by atoms with Crippen molar-refractivity contribution in [3.63, 3.8) is 0 Å². The molecule has 0 saturated carbocycles. The van der Waals surface area contributed by atoms with Crippen LogP contribution in [0.2, 0.25) is 0 Å². The van der Waals surface area contributed by atoms with Gasteiger partial charge in [0.05, 0.1) is 11.2 Å². The molecule has 0 amide bonds. The van der Waals surface area contributed by atoms with Gasteiger partial charge >= 0.3 is 0 Å². The summed E-state index contributed by atoms with van der Waals surface area (Å²) in [6, 6.07) is 0.138. The first-order valence-electron chi connectivity index (χ1n) is 6.22. The van der Waals surface area contributed by atoms with Gasteiger partial charge in [0.25, 0.3) is 0 Å². The lowest BCUT2D eigenvalue weighted by Gasteiger charge is -2.17. The summed E-state index contributed by atoms with van der Waals surface area (Å²) in [5, 5.41) is 4.56. The van der Waals surface area contributed by atoms with Crippen LogP contribution in [-0.2, 0) is 0 Å². The molecule has 92 valence electrons. The molecule has 1 aliphatic carbocycles. The van der Waals surface area contributed by atoms with Crippen LogP contribution < -0.4 is 5.73 Å². The minimum absolute atomic E-state index is 0.138. The van der Waals surface area contributed by atoms with Crippen LogP contribution in [0.1, 0.15) is 48.6 Å². The van der Waals surface area contributed by atoms with Gasteiger partial charge in [0.15, 0.2) is 5.82 Å². The maximum Gasteiger partial charge on any atom is 0.233 e. The zero-order valence-electron chi connectivity index (χ0n) is 9.71. The highest BCUT2D eigenvalue weighted by Crippen LogP contribution is 2.37. The maximum atomic E-state index is 5.83. The average molecular weight is 251 g/mol. The van der Waals surface area contributed by atoms with Gasteiger partial charge in [-0.25, -0.2) is 0 Å². The Labute approximate surface area is 105 Å². The van der Waals surface area contributed by atoms with Crippen molar-refractivity contribution >= 4 is 11.8 Å². The molecule has 2 aliphatic rings. The average Bonchev–Trinajstić information content (AvgIpc) is 2.98. The Morgan fingerprint density at radius 2 is 2.29 bits per heavy atom. The first-order chi connectivity index (χ1) is 8.33. The Morgan fingerprint density at radius 1 is 1.35 bits per heavy atom. The van der Waals surface area contributed by atoms with Crippen LogP contribution in [0, 0.1) is 0 Å². The van der Waals surface area contributed by atoms with E-state index >= 15 is 0 Å². The second-order valence-corrected chi connectivity index (χ2v) is 6.05. The molecule has 0 radical (unpaired) electrons. The second-order valence-electron chi connectivity index (χ2n) is 4.74. The quantitative estimate of drug-likeness (QED) is 0.818. The van der Waals surface area contributed by atoms with Crippen molar-refractivity contribution in [1.82, 2.24) is 10.1 Å². The van der Waals surface area contributed by atoms with Crippen molar-refractivity contribution in [3.8, 4) is 0 Å². The van der Waals surface area contributed by atoms with Crippen LogP contribution in [0.3, 0.4) is 0 Å². The Balaban J connectivity index is 1.71. The highest BCUT2D eigenvalue weighted by atomic mass is 32.2. The van der Waals surface area contributed by atoms with E-state index < -0.39 is 0 Å². The van der Waals surface area contributed by atoms with Crippen molar-refractivity contribution < 1.29 is 4.52 Å². The van der Waals surface area contributed by atoms with Crippen molar-refractivity contribution in [2.75, 3.05) is 5.75 Å². The minimum Gasteiger partial charge on any atom is -0.339 e. The first-order valence-corrected chi connectivity index (χ1v) is 7.27. The van der Waals surface area contributed by atoms with E-state index in [4.69, 9.17) is 10.3 Å². The largest absolute Gasteiger partial charge is 0.339 e. The smallest absolute Gasteiger partial charge is 0.233 e. The lowest BCUT2D eigenvalue weighted by Crippen LogP contribution is -2.14. The number of hydrogen-bond acceptors (Lipinski definition) is 5. The molecule has 0 bridgehead atoms. The number of thioether (sulfide) groups is 1. The molecule has 2 heterocycles. The summed E-state index contributed by atoms with van der Waals surface area (Å²) >= 11 is 1.95. The summed E-state index contributed by atoms with van der Waals surface area (Å²) in [6.07, 6.45) is 8.74. The molecular formula is C12H17N3OS. The third-order valence-corrected chi connectivity index (χ3v) is 4.73. The Kier molecular flexibility index (Phi) is 3.20. The van der Waals surface area contributed by atoms with Gasteiger partial charge in [0, 0.05) is 6.04 Å². The van der Waals surface area contributed by atoms with Gasteiger partial charge in [-0.2, -0.15) is 16.7 Å². The fourth-order valence-electron chi connectivity index (χ4n) is 2.38. The highest BCUT2D eigenvalue weighted by molar-refractivity contribution is 7.99. The van der Waals surface area contributed by atoms with Crippen LogP contribution in [0.5, 0.6) is 0 Å². The van der Waals surface area contributed by atoms with Crippen LogP contribution in [0.25, 0.3) is 0 Å². The van der Waals surface area contributed by atoms with Crippen LogP contribution in [-0.4, -0.2) is 21.9 Å². The Hall–Kier alpha value is -0.810. The van der Waals surface area contributed by atoms with Gasteiger partial charge < -0.3 is 10.3 Å². The molecule has 5 heteroatoms. The lowest BCUT2D eigenvalue weighted by molar-refractivity contribution is 0.359. The summed E-state index contributed by atoms with van der Waals surface area (Å²) in [5.41, 5.74) is 5.83. The topological polar surface area (TPSA) is 64.9 Å². The summed E-state index contributed by atoms with van der Waals surface area (Å²) in [4.78, 5) is 4.54. The van der Waals surface area contributed by atoms with Gasteiger partial charge in [-0.05, 0) is 25.0 Å². The molecule has 1 fully saturated rings. The lowest BCUT2D eigenvalue weighted by atomic mass is 10.1. The first kappa shape index (κ1) is 11.3. The zero-order valence-corrected chi connectivity index (χ0v) is 10.5. The number of aromatic nitrogens is 2. The molecule has 4 nitrogen and oxygen atoms in total. The molecular weight excluding hydrogens is 234 g/mol. The molecule has 1 aromatic heterocycles. The van der Waals surface area contributed by atoms with E-state index in [1.807, 2.05) is 17.8 Å². The third-order valence-electron chi connectivity index (χ3n) is 3.36. The fourth-order valence-corrected chi connectivity index (χ4v) is 3.62. The zero-order chi connectivity index (χ0) is 11.7. The van der Waals surface area contributed by atoms with Crippen molar-refractivity contribution in [1.29, 1.82) is 0 Å². The molecule has 1 saturated heterocycles. The number of nitrogens with zero attached hydrogens (tertiary/aromatic N) is 2. The van der Waals surface area contributed by atoms with Gasteiger partial charge in [-0.3, -0.25) is 0 Å². The van der Waals surface area contributed by atoms with Crippen molar-refractivity contribution in [2.24, 2.45) is 5.73 Å². The van der Waals surface area contributed by atoms with Gasteiger partial charge in [-0.15, -0.1) is 0 Å². The standard InChI is InChI=1S/C12H17N3OS/c13-9-5-4-8(7-9)12-14-11(15-16-12)10-3-1-2-6-17-10/h4-5,8-10H,1-3,6-7,13H2. The molecule has 3 atom stereocenters. The summed E-state index contributed by atoms with van der Waals surface area (Å²) in [6.45, 7) is 0. The molecule has 1 aromatic rings. The summed E-state index contributed by atoms with van der Waals surface area (Å²) in [7, 11) is 0. The maximum absolute atomic E-state index is 5.83. The summed E-state index contributed by atoms with van der Waals surface area (Å²) < 4.78 is 5.37. The highest BCUT2D eigenvalue weighted by Gasteiger charge is 2.26. The SMILES string of the molecule is NC1C=CC(c2nc(C3CCCCS3)no2)C1. The Bertz CT molecular complexity index is 412. The van der Waals surface area contributed by atoms with Crippen LogP contribution in [0.15, 0.2) is 16.7 Å². The van der Waals surface area contributed by atoms with Gasteiger partial charge in [-0.1, -0.05) is 23.7 Å². The van der Waals surface area contributed by atoms with Gasteiger partial charge in [0.1, 0.15) is 0 Å². The molecule has 2 N–H and O–H groups in total. The summed E-state index contributed by atoms with van der Waals surface area (Å²) in [5.74, 6) is 3.04. The Morgan fingerprint density at radius 3 is 3.00 bits per heavy atom. The van der Waals surface area contributed by atoms with E-state index in [1.165, 1.54) is 25.0 Å². The normalized spacial score (nSPS) is 33.1. The molecule has 1 aliphatic heterocycles. The third kappa shape index (κ3) is 2.40. The minimum atomic E-state index is 0.138.